The van der Waals surface area contributed by atoms with E-state index in [-0.39, 0.29) is 5.92 Å². The van der Waals surface area contributed by atoms with Gasteiger partial charge in [0.05, 0.1) is 0 Å². The molecule has 0 heterocycles. The van der Waals surface area contributed by atoms with Crippen LogP contribution in [0.1, 0.15) is 22.6 Å². The zero-order valence-electron chi connectivity index (χ0n) is 11.3. The maximum Gasteiger partial charge on any atom is 0.126 e. The first-order valence-corrected chi connectivity index (χ1v) is 6.80. The van der Waals surface area contributed by atoms with Crippen LogP contribution in [-0.4, -0.2) is 0 Å². The van der Waals surface area contributed by atoms with E-state index in [0.29, 0.717) is 5.56 Å². The molecular weight excluding hydrogens is 266 g/mol. The molecule has 3 aromatic carbocycles. The molecule has 0 amide bonds. The van der Waals surface area contributed by atoms with Crippen molar-refractivity contribution in [3.8, 4) is 0 Å². The van der Waals surface area contributed by atoms with Gasteiger partial charge in [-0.25, -0.2) is 8.78 Å². The van der Waals surface area contributed by atoms with Gasteiger partial charge >= 0.3 is 0 Å². The lowest BCUT2D eigenvalue weighted by molar-refractivity contribution is 0.579. The molecule has 0 aliphatic carbocycles. The molecular formula is C19H14F2. The third-order valence-corrected chi connectivity index (χ3v) is 3.48. The van der Waals surface area contributed by atoms with Crippen molar-refractivity contribution in [2.24, 2.45) is 0 Å². The van der Waals surface area contributed by atoms with Crippen molar-refractivity contribution in [2.75, 3.05) is 0 Å². The second kappa shape index (κ2) is 5.88. The SMILES string of the molecule is Fc1cc(F)cc(C(c2ccccc2)c2ccccc2)c1. The molecule has 0 spiro atoms. The normalized spacial score (nSPS) is 10.8. The number of rotatable bonds is 3. The topological polar surface area (TPSA) is 0 Å². The molecule has 3 aromatic rings. The zero-order valence-corrected chi connectivity index (χ0v) is 11.3. The minimum absolute atomic E-state index is 0.183. The fraction of sp³-hybridized carbons (Fsp3) is 0.0526. The van der Waals surface area contributed by atoms with E-state index < -0.39 is 11.6 Å². The predicted molar refractivity (Wildman–Crippen MR) is 80.2 cm³/mol. The summed E-state index contributed by atoms with van der Waals surface area (Å²) in [7, 11) is 0. The van der Waals surface area contributed by atoms with E-state index in [1.807, 2.05) is 60.7 Å². The van der Waals surface area contributed by atoms with Crippen molar-refractivity contribution in [3.05, 3.63) is 107 Å². The van der Waals surface area contributed by atoms with Crippen LogP contribution in [0.5, 0.6) is 0 Å². The van der Waals surface area contributed by atoms with Crippen LogP contribution in [0.15, 0.2) is 78.9 Å². The molecule has 0 aliphatic heterocycles. The first-order chi connectivity index (χ1) is 10.2. The monoisotopic (exact) mass is 280 g/mol. The highest BCUT2D eigenvalue weighted by molar-refractivity contribution is 5.43. The summed E-state index contributed by atoms with van der Waals surface area (Å²) < 4.78 is 27.2. The third-order valence-electron chi connectivity index (χ3n) is 3.48. The summed E-state index contributed by atoms with van der Waals surface area (Å²) in [5.41, 5.74) is 2.63. The Morgan fingerprint density at radius 2 is 0.952 bits per heavy atom. The lowest BCUT2D eigenvalue weighted by Gasteiger charge is -2.19. The Bertz CT molecular complexity index is 661. The van der Waals surface area contributed by atoms with E-state index in [2.05, 4.69) is 0 Å². The van der Waals surface area contributed by atoms with Gasteiger partial charge in [-0.1, -0.05) is 60.7 Å². The molecule has 0 radical (unpaired) electrons. The summed E-state index contributed by atoms with van der Waals surface area (Å²) in [6, 6.07) is 23.2. The Morgan fingerprint density at radius 1 is 0.524 bits per heavy atom. The lowest BCUT2D eigenvalue weighted by Crippen LogP contribution is -2.04. The summed E-state index contributed by atoms with van der Waals surface area (Å²) in [5.74, 6) is -1.29. The third kappa shape index (κ3) is 3.00. The molecule has 0 N–H and O–H groups in total. The van der Waals surface area contributed by atoms with Gasteiger partial charge < -0.3 is 0 Å². The van der Waals surface area contributed by atoms with Crippen LogP contribution in [0.3, 0.4) is 0 Å². The predicted octanol–water partition coefficient (Wildman–Crippen LogP) is 5.15. The number of hydrogen-bond acceptors (Lipinski definition) is 0. The molecule has 0 saturated carbocycles. The number of benzene rings is 3. The van der Waals surface area contributed by atoms with Gasteiger partial charge in [-0.3, -0.25) is 0 Å². The van der Waals surface area contributed by atoms with Gasteiger partial charge in [-0.05, 0) is 28.8 Å². The maximum atomic E-state index is 13.6. The van der Waals surface area contributed by atoms with Crippen LogP contribution >= 0.6 is 0 Å². The molecule has 0 fully saturated rings. The molecule has 0 aromatic heterocycles. The van der Waals surface area contributed by atoms with Gasteiger partial charge in [-0.15, -0.1) is 0 Å². The van der Waals surface area contributed by atoms with Crippen LogP contribution in [0, 0.1) is 11.6 Å². The molecule has 0 saturated heterocycles. The van der Waals surface area contributed by atoms with Crippen molar-refractivity contribution in [1.29, 1.82) is 0 Å². The minimum Gasteiger partial charge on any atom is -0.207 e. The van der Waals surface area contributed by atoms with Gasteiger partial charge in [0, 0.05) is 12.0 Å². The summed E-state index contributed by atoms with van der Waals surface area (Å²) in [6.45, 7) is 0. The van der Waals surface area contributed by atoms with Crippen molar-refractivity contribution in [3.63, 3.8) is 0 Å². The van der Waals surface area contributed by atoms with E-state index in [9.17, 15) is 8.78 Å². The molecule has 0 bridgehead atoms. The smallest absolute Gasteiger partial charge is 0.126 e. The van der Waals surface area contributed by atoms with Gasteiger partial charge in [0.1, 0.15) is 11.6 Å². The van der Waals surface area contributed by atoms with Crippen LogP contribution in [0.4, 0.5) is 8.78 Å². The first-order valence-electron chi connectivity index (χ1n) is 6.80. The summed E-state index contributed by atoms with van der Waals surface area (Å²) in [4.78, 5) is 0. The zero-order chi connectivity index (χ0) is 14.7. The second-order valence-corrected chi connectivity index (χ2v) is 4.96. The van der Waals surface area contributed by atoms with E-state index in [1.165, 1.54) is 12.1 Å². The standard InChI is InChI=1S/C19H14F2/c20-17-11-16(12-18(21)13-17)19(14-7-3-1-4-8-14)15-9-5-2-6-10-15/h1-13,19H. The molecule has 0 unspecified atom stereocenters. The molecule has 3 rings (SSSR count). The van der Waals surface area contributed by atoms with Gasteiger partial charge in [-0.2, -0.15) is 0 Å². The lowest BCUT2D eigenvalue weighted by atomic mass is 9.85. The van der Waals surface area contributed by atoms with Crippen molar-refractivity contribution in [2.45, 2.75) is 5.92 Å². The number of halogens is 2. The molecule has 0 nitrogen and oxygen atoms in total. The average molecular weight is 280 g/mol. The van der Waals surface area contributed by atoms with E-state index in [1.54, 1.807) is 0 Å². The van der Waals surface area contributed by atoms with Gasteiger partial charge in [0.15, 0.2) is 0 Å². The van der Waals surface area contributed by atoms with E-state index in [0.717, 1.165) is 17.2 Å². The Kier molecular flexibility index (Phi) is 3.78. The van der Waals surface area contributed by atoms with Crippen LogP contribution in [-0.2, 0) is 0 Å². The summed E-state index contributed by atoms with van der Waals surface area (Å²) in [5, 5.41) is 0. The highest BCUT2D eigenvalue weighted by atomic mass is 19.1. The van der Waals surface area contributed by atoms with E-state index >= 15 is 0 Å². The van der Waals surface area contributed by atoms with Crippen molar-refractivity contribution < 1.29 is 8.78 Å². The highest BCUT2D eigenvalue weighted by Gasteiger charge is 2.17. The van der Waals surface area contributed by atoms with Crippen LogP contribution < -0.4 is 0 Å². The van der Waals surface area contributed by atoms with Crippen LogP contribution in [0.25, 0.3) is 0 Å². The van der Waals surface area contributed by atoms with Crippen molar-refractivity contribution >= 4 is 0 Å². The average Bonchev–Trinajstić information content (AvgIpc) is 2.49. The molecule has 2 heteroatoms. The van der Waals surface area contributed by atoms with Crippen molar-refractivity contribution in [1.82, 2.24) is 0 Å². The molecule has 0 atom stereocenters. The van der Waals surface area contributed by atoms with E-state index in [4.69, 9.17) is 0 Å². The Labute approximate surface area is 122 Å². The van der Waals surface area contributed by atoms with Crippen LogP contribution in [0.2, 0.25) is 0 Å². The summed E-state index contributed by atoms with van der Waals surface area (Å²) >= 11 is 0. The quantitative estimate of drug-likeness (QED) is 0.582. The minimum atomic E-state index is -0.554. The highest BCUT2D eigenvalue weighted by Crippen LogP contribution is 2.32. The fourth-order valence-electron chi connectivity index (χ4n) is 2.61. The van der Waals surface area contributed by atoms with Gasteiger partial charge in [0.2, 0.25) is 0 Å². The van der Waals surface area contributed by atoms with Gasteiger partial charge in [0.25, 0.3) is 0 Å². The Balaban J connectivity index is 2.17. The second-order valence-electron chi connectivity index (χ2n) is 4.96. The Hall–Kier alpha value is -2.48. The molecule has 0 aliphatic rings. The molecule has 21 heavy (non-hydrogen) atoms. The first kappa shape index (κ1) is 13.5. The number of hydrogen-bond donors (Lipinski definition) is 0. The Morgan fingerprint density at radius 3 is 1.38 bits per heavy atom. The molecule has 104 valence electrons. The summed E-state index contributed by atoms with van der Waals surface area (Å²) in [6.07, 6.45) is 0. The maximum absolute atomic E-state index is 13.6. The fourth-order valence-corrected chi connectivity index (χ4v) is 2.61. The largest absolute Gasteiger partial charge is 0.207 e.